The highest BCUT2D eigenvalue weighted by Crippen LogP contribution is 2.18. The molecule has 24 heavy (non-hydrogen) atoms. The third-order valence-corrected chi connectivity index (χ3v) is 6.36. The molecule has 0 aliphatic carbocycles. The summed E-state index contributed by atoms with van der Waals surface area (Å²) in [5, 5.41) is 4.21. The average molecular weight is 352 g/mol. The SMILES string of the molecule is CN(C)S(=O)(=O)N1CCN(C[C@H]2CC(c3ccccc3)=NO2)CC1. The minimum Gasteiger partial charge on any atom is -0.390 e. The van der Waals surface area contributed by atoms with Crippen molar-refractivity contribution in [3.05, 3.63) is 35.9 Å². The van der Waals surface area contributed by atoms with E-state index in [9.17, 15) is 8.42 Å². The van der Waals surface area contributed by atoms with E-state index in [0.29, 0.717) is 26.2 Å². The second-order valence-electron chi connectivity index (χ2n) is 6.33. The first kappa shape index (κ1) is 17.3. The first-order valence-corrected chi connectivity index (χ1v) is 9.54. The fourth-order valence-corrected chi connectivity index (χ4v) is 4.08. The third kappa shape index (κ3) is 3.77. The molecule has 1 atom stereocenters. The van der Waals surface area contributed by atoms with E-state index in [1.165, 1.54) is 8.61 Å². The molecule has 0 radical (unpaired) electrons. The Morgan fingerprint density at radius 1 is 1.17 bits per heavy atom. The van der Waals surface area contributed by atoms with Crippen molar-refractivity contribution >= 4 is 15.9 Å². The Morgan fingerprint density at radius 3 is 2.46 bits per heavy atom. The number of rotatable bonds is 5. The van der Waals surface area contributed by atoms with E-state index in [1.807, 2.05) is 30.3 Å². The van der Waals surface area contributed by atoms with E-state index in [0.717, 1.165) is 24.2 Å². The third-order valence-electron chi connectivity index (χ3n) is 4.42. The zero-order valence-corrected chi connectivity index (χ0v) is 14.9. The molecule has 0 aromatic heterocycles. The summed E-state index contributed by atoms with van der Waals surface area (Å²) < 4.78 is 27.1. The highest BCUT2D eigenvalue weighted by molar-refractivity contribution is 7.86. The molecule has 3 rings (SSSR count). The summed E-state index contributed by atoms with van der Waals surface area (Å²) in [4.78, 5) is 7.81. The van der Waals surface area contributed by atoms with Gasteiger partial charge in [-0.3, -0.25) is 4.90 Å². The van der Waals surface area contributed by atoms with Crippen molar-refractivity contribution in [3.8, 4) is 0 Å². The molecule has 2 aliphatic rings. The van der Waals surface area contributed by atoms with Crippen LogP contribution in [0.25, 0.3) is 0 Å². The molecule has 0 bridgehead atoms. The number of oxime groups is 1. The highest BCUT2D eigenvalue weighted by Gasteiger charge is 2.31. The first-order valence-electron chi connectivity index (χ1n) is 8.15. The van der Waals surface area contributed by atoms with Crippen LogP contribution < -0.4 is 0 Å². The van der Waals surface area contributed by atoms with Gasteiger partial charge in [0.25, 0.3) is 10.2 Å². The largest absolute Gasteiger partial charge is 0.390 e. The molecule has 132 valence electrons. The molecule has 2 heterocycles. The van der Waals surface area contributed by atoms with Gasteiger partial charge in [-0.2, -0.15) is 17.0 Å². The number of hydrogen-bond acceptors (Lipinski definition) is 5. The molecule has 1 saturated heterocycles. The van der Waals surface area contributed by atoms with Crippen LogP contribution >= 0.6 is 0 Å². The predicted molar refractivity (Wildman–Crippen MR) is 93.1 cm³/mol. The monoisotopic (exact) mass is 352 g/mol. The zero-order chi connectivity index (χ0) is 17.2. The van der Waals surface area contributed by atoms with E-state index >= 15 is 0 Å². The summed E-state index contributed by atoms with van der Waals surface area (Å²) in [5.74, 6) is 0. The Morgan fingerprint density at radius 2 is 1.83 bits per heavy atom. The van der Waals surface area contributed by atoms with Gasteiger partial charge in [0, 0.05) is 53.2 Å². The fraction of sp³-hybridized carbons (Fsp3) is 0.562. The van der Waals surface area contributed by atoms with Crippen molar-refractivity contribution in [2.45, 2.75) is 12.5 Å². The second-order valence-corrected chi connectivity index (χ2v) is 8.47. The van der Waals surface area contributed by atoms with E-state index in [1.54, 1.807) is 14.1 Å². The van der Waals surface area contributed by atoms with Crippen LogP contribution in [0, 0.1) is 0 Å². The molecule has 0 amide bonds. The summed E-state index contributed by atoms with van der Waals surface area (Å²) >= 11 is 0. The summed E-state index contributed by atoms with van der Waals surface area (Å²) in [6.45, 7) is 3.23. The molecule has 7 nitrogen and oxygen atoms in total. The van der Waals surface area contributed by atoms with E-state index < -0.39 is 10.2 Å². The molecular formula is C16H24N4O3S. The Balaban J connectivity index is 1.48. The molecule has 2 aliphatic heterocycles. The van der Waals surface area contributed by atoms with Gasteiger partial charge in [-0.25, -0.2) is 0 Å². The van der Waals surface area contributed by atoms with Gasteiger partial charge in [0.1, 0.15) is 6.10 Å². The lowest BCUT2D eigenvalue weighted by atomic mass is 10.0. The fourth-order valence-electron chi connectivity index (χ4n) is 2.99. The summed E-state index contributed by atoms with van der Waals surface area (Å²) in [7, 11) is -0.177. The zero-order valence-electron chi connectivity index (χ0n) is 14.1. The average Bonchev–Trinajstić information content (AvgIpc) is 3.04. The van der Waals surface area contributed by atoms with Crippen LogP contribution in [0.4, 0.5) is 0 Å². The van der Waals surface area contributed by atoms with Crippen molar-refractivity contribution in [1.82, 2.24) is 13.5 Å². The van der Waals surface area contributed by atoms with Crippen LogP contribution in [-0.4, -0.2) is 80.6 Å². The lowest BCUT2D eigenvalue weighted by Gasteiger charge is -2.35. The van der Waals surface area contributed by atoms with Gasteiger partial charge in [0.05, 0.1) is 5.71 Å². The smallest absolute Gasteiger partial charge is 0.281 e. The maximum absolute atomic E-state index is 12.1. The maximum atomic E-state index is 12.1. The molecule has 0 spiro atoms. The van der Waals surface area contributed by atoms with Crippen molar-refractivity contribution in [3.63, 3.8) is 0 Å². The van der Waals surface area contributed by atoms with Crippen molar-refractivity contribution in [2.75, 3.05) is 46.8 Å². The minimum absolute atomic E-state index is 0.0391. The molecule has 0 unspecified atom stereocenters. The Labute approximate surface area is 143 Å². The van der Waals surface area contributed by atoms with Gasteiger partial charge < -0.3 is 4.84 Å². The number of hydrogen-bond donors (Lipinski definition) is 0. The highest BCUT2D eigenvalue weighted by atomic mass is 32.2. The van der Waals surface area contributed by atoms with Gasteiger partial charge in [0.15, 0.2) is 0 Å². The standard InChI is InChI=1S/C16H24N4O3S/c1-18(2)24(21,22)20-10-8-19(9-11-20)13-15-12-16(17-23-15)14-6-4-3-5-7-14/h3-7,15H,8-13H2,1-2H3/t15-/m1/s1. The van der Waals surface area contributed by atoms with Crippen molar-refractivity contribution < 1.29 is 13.3 Å². The molecule has 0 N–H and O–H groups in total. The summed E-state index contributed by atoms with van der Waals surface area (Å²) in [6.07, 6.45) is 0.831. The molecule has 1 aromatic rings. The van der Waals surface area contributed by atoms with Crippen LogP contribution in [0.2, 0.25) is 0 Å². The lowest BCUT2D eigenvalue weighted by molar-refractivity contribution is 0.0431. The quantitative estimate of drug-likeness (QED) is 0.779. The van der Waals surface area contributed by atoms with E-state index in [-0.39, 0.29) is 6.10 Å². The molecule has 1 aromatic carbocycles. The maximum Gasteiger partial charge on any atom is 0.281 e. The van der Waals surface area contributed by atoms with E-state index in [4.69, 9.17) is 4.84 Å². The first-order chi connectivity index (χ1) is 11.5. The molecular weight excluding hydrogens is 328 g/mol. The number of piperazine rings is 1. The number of benzene rings is 1. The van der Waals surface area contributed by atoms with Crippen LogP contribution in [0.1, 0.15) is 12.0 Å². The molecule has 0 saturated carbocycles. The van der Waals surface area contributed by atoms with Crippen LogP contribution in [0.3, 0.4) is 0 Å². The van der Waals surface area contributed by atoms with Crippen LogP contribution in [-0.2, 0) is 15.0 Å². The van der Waals surface area contributed by atoms with Crippen molar-refractivity contribution in [2.24, 2.45) is 5.16 Å². The predicted octanol–water partition coefficient (Wildman–Crippen LogP) is 0.604. The number of nitrogens with zero attached hydrogens (tertiary/aromatic N) is 4. The Bertz CT molecular complexity index is 683. The van der Waals surface area contributed by atoms with Gasteiger partial charge in [0.2, 0.25) is 0 Å². The van der Waals surface area contributed by atoms with Gasteiger partial charge >= 0.3 is 0 Å². The lowest BCUT2D eigenvalue weighted by Crippen LogP contribution is -2.52. The Hall–Kier alpha value is -1.48. The van der Waals surface area contributed by atoms with Crippen molar-refractivity contribution in [1.29, 1.82) is 0 Å². The molecule has 1 fully saturated rings. The normalized spacial score (nSPS) is 23.3. The molecule has 8 heteroatoms. The van der Waals surface area contributed by atoms with Gasteiger partial charge in [-0.15, -0.1) is 0 Å². The van der Waals surface area contributed by atoms with Crippen LogP contribution in [0.5, 0.6) is 0 Å². The summed E-state index contributed by atoms with van der Waals surface area (Å²) in [6, 6.07) is 10.1. The second kappa shape index (κ2) is 7.18. The van der Waals surface area contributed by atoms with Crippen LogP contribution in [0.15, 0.2) is 35.5 Å². The Kier molecular flexibility index (Phi) is 5.19. The van der Waals surface area contributed by atoms with Gasteiger partial charge in [-0.05, 0) is 5.56 Å². The summed E-state index contributed by atoms with van der Waals surface area (Å²) in [5.41, 5.74) is 2.08. The van der Waals surface area contributed by atoms with Gasteiger partial charge in [-0.1, -0.05) is 35.5 Å². The minimum atomic E-state index is -3.31. The topological polar surface area (TPSA) is 65.5 Å². The van der Waals surface area contributed by atoms with E-state index in [2.05, 4.69) is 10.1 Å².